The molecule has 0 fully saturated rings. The average Bonchev–Trinajstić information content (AvgIpc) is 2.71. The molecule has 6 nitrogen and oxygen atoms in total. The van der Waals surface area contributed by atoms with E-state index in [4.69, 9.17) is 14.6 Å². The lowest BCUT2D eigenvalue weighted by Crippen LogP contribution is -2.22. The van der Waals surface area contributed by atoms with E-state index in [0.29, 0.717) is 17.9 Å². The second-order valence-corrected chi connectivity index (χ2v) is 7.19. The van der Waals surface area contributed by atoms with Crippen LogP contribution in [0.1, 0.15) is 25.0 Å². The zero-order valence-corrected chi connectivity index (χ0v) is 16.9. The first-order valence-electron chi connectivity index (χ1n) is 9.13. The molecular formula is C21H27NO5S. The highest BCUT2D eigenvalue weighted by Crippen LogP contribution is 2.31. The van der Waals surface area contributed by atoms with Crippen LogP contribution in [0.5, 0.6) is 5.75 Å². The number of hydrogen-bond acceptors (Lipinski definition) is 6. The minimum absolute atomic E-state index is 0.000501. The van der Waals surface area contributed by atoms with Crippen molar-refractivity contribution < 1.29 is 24.5 Å². The minimum Gasteiger partial charge on any atom is -0.491 e. The molecule has 0 aromatic heterocycles. The van der Waals surface area contributed by atoms with Gasteiger partial charge in [0, 0.05) is 17.2 Å². The van der Waals surface area contributed by atoms with E-state index in [2.05, 4.69) is 5.32 Å². The van der Waals surface area contributed by atoms with Crippen LogP contribution in [0.15, 0.2) is 53.4 Å². The van der Waals surface area contributed by atoms with Gasteiger partial charge in [0.05, 0.1) is 6.61 Å². The van der Waals surface area contributed by atoms with Crippen LogP contribution in [0.25, 0.3) is 0 Å². The van der Waals surface area contributed by atoms with Gasteiger partial charge in [0.2, 0.25) is 0 Å². The van der Waals surface area contributed by atoms with Crippen molar-refractivity contribution in [1.29, 1.82) is 0 Å². The molecule has 0 radical (unpaired) electrons. The molecule has 0 saturated carbocycles. The Morgan fingerprint density at radius 2 is 1.89 bits per heavy atom. The highest BCUT2D eigenvalue weighted by Gasteiger charge is 2.24. The van der Waals surface area contributed by atoms with E-state index in [1.165, 1.54) is 0 Å². The van der Waals surface area contributed by atoms with Crippen LogP contribution in [0.4, 0.5) is 10.5 Å². The monoisotopic (exact) mass is 405 g/mol. The average molecular weight is 406 g/mol. The van der Waals surface area contributed by atoms with Crippen molar-refractivity contribution in [1.82, 2.24) is 0 Å². The summed E-state index contributed by atoms with van der Waals surface area (Å²) >= 11 is 1.63. The maximum Gasteiger partial charge on any atom is 0.412 e. The summed E-state index contributed by atoms with van der Waals surface area (Å²) in [6.45, 7) is 2.03. The lowest BCUT2D eigenvalue weighted by molar-refractivity contribution is 0.0665. The predicted molar refractivity (Wildman–Crippen MR) is 111 cm³/mol. The summed E-state index contributed by atoms with van der Waals surface area (Å²) in [5, 5.41) is 21.0. The van der Waals surface area contributed by atoms with Crippen molar-refractivity contribution in [3.05, 3.63) is 54.1 Å². The van der Waals surface area contributed by atoms with Crippen LogP contribution in [0.2, 0.25) is 0 Å². The molecule has 0 aliphatic heterocycles. The molecule has 0 bridgehead atoms. The van der Waals surface area contributed by atoms with Crippen molar-refractivity contribution in [2.24, 2.45) is 5.92 Å². The van der Waals surface area contributed by atoms with E-state index < -0.39 is 12.2 Å². The topological polar surface area (TPSA) is 88.0 Å². The fourth-order valence-corrected chi connectivity index (χ4v) is 3.16. The molecule has 3 N–H and O–H groups in total. The first-order valence-corrected chi connectivity index (χ1v) is 10.4. The summed E-state index contributed by atoms with van der Waals surface area (Å²) in [4.78, 5) is 13.6. The molecule has 0 aliphatic carbocycles. The van der Waals surface area contributed by atoms with Crippen LogP contribution in [-0.2, 0) is 4.74 Å². The van der Waals surface area contributed by atoms with Crippen LogP contribution in [0.3, 0.4) is 0 Å². The lowest BCUT2D eigenvalue weighted by atomic mass is 9.94. The molecule has 1 amide bonds. The number of thioether (sulfide) groups is 1. The third-order valence-electron chi connectivity index (χ3n) is 4.22. The Bertz CT molecular complexity index is 738. The molecule has 2 rings (SSSR count). The molecule has 28 heavy (non-hydrogen) atoms. The zero-order valence-electron chi connectivity index (χ0n) is 16.1. The molecular weight excluding hydrogens is 378 g/mol. The van der Waals surface area contributed by atoms with Crippen molar-refractivity contribution in [3.63, 3.8) is 0 Å². The van der Waals surface area contributed by atoms with Gasteiger partial charge in [0.25, 0.3) is 0 Å². The van der Waals surface area contributed by atoms with Gasteiger partial charge in [0.1, 0.15) is 18.5 Å². The quantitative estimate of drug-likeness (QED) is 0.516. The third-order valence-corrected chi connectivity index (χ3v) is 4.96. The Hall–Kier alpha value is -2.22. The van der Waals surface area contributed by atoms with E-state index in [1.54, 1.807) is 23.9 Å². The molecule has 0 saturated heterocycles. The fourth-order valence-electron chi connectivity index (χ4n) is 2.75. The zero-order chi connectivity index (χ0) is 20.4. The smallest absolute Gasteiger partial charge is 0.412 e. The van der Waals surface area contributed by atoms with E-state index in [9.17, 15) is 9.90 Å². The Balaban J connectivity index is 2.12. The van der Waals surface area contributed by atoms with Crippen LogP contribution < -0.4 is 10.1 Å². The van der Waals surface area contributed by atoms with Gasteiger partial charge >= 0.3 is 6.09 Å². The number of carbonyl (C=O) groups excluding carboxylic acids is 1. The Kier molecular flexibility index (Phi) is 9.13. The number of aliphatic hydroxyl groups is 2. The summed E-state index contributed by atoms with van der Waals surface area (Å²) < 4.78 is 11.2. The summed E-state index contributed by atoms with van der Waals surface area (Å²) in [6.07, 6.45) is 1.37. The number of amides is 1. The fraction of sp³-hybridized carbons (Fsp3) is 0.381. The van der Waals surface area contributed by atoms with Crippen molar-refractivity contribution in [2.45, 2.75) is 24.3 Å². The van der Waals surface area contributed by atoms with Crippen molar-refractivity contribution in [3.8, 4) is 5.75 Å². The van der Waals surface area contributed by atoms with E-state index in [1.807, 2.05) is 49.6 Å². The van der Waals surface area contributed by atoms with Gasteiger partial charge in [0.15, 0.2) is 0 Å². The molecule has 0 heterocycles. The second kappa shape index (κ2) is 11.6. The number of rotatable bonds is 10. The first-order chi connectivity index (χ1) is 13.6. The molecule has 0 aliphatic rings. The van der Waals surface area contributed by atoms with Crippen LogP contribution in [-0.4, -0.2) is 42.4 Å². The number of aliphatic hydroxyl groups excluding tert-OH is 2. The normalized spacial score (nSPS) is 12.9. The number of benzene rings is 2. The van der Waals surface area contributed by atoms with Gasteiger partial charge in [-0.3, -0.25) is 5.32 Å². The van der Waals surface area contributed by atoms with Gasteiger partial charge in [-0.25, -0.2) is 4.79 Å². The van der Waals surface area contributed by atoms with Crippen molar-refractivity contribution >= 4 is 23.5 Å². The Labute approximate surface area is 169 Å². The molecule has 0 spiro atoms. The SMILES string of the molecule is CSc1ccc(NC(=O)O[C@H](c2cccc(OCCO)c2)[C@H](C)CCO)cc1. The highest BCUT2D eigenvalue weighted by atomic mass is 32.2. The number of ether oxygens (including phenoxy) is 2. The van der Waals surface area contributed by atoms with E-state index >= 15 is 0 Å². The standard InChI is InChI=1S/C21H27NO5S/c1-15(10-11-23)20(16-4-3-5-18(14-16)26-13-12-24)27-21(25)22-17-6-8-19(28-2)9-7-17/h3-9,14-15,20,23-24H,10-13H2,1-2H3,(H,22,25)/t15-,20+/m1/s1. The second-order valence-electron chi connectivity index (χ2n) is 6.31. The predicted octanol–water partition coefficient (Wildman–Crippen LogP) is 4.09. The summed E-state index contributed by atoms with van der Waals surface area (Å²) in [5.74, 6) is 0.493. The number of hydrogen-bond donors (Lipinski definition) is 3. The van der Waals surface area contributed by atoms with Gasteiger partial charge in [-0.15, -0.1) is 11.8 Å². The minimum atomic E-state index is -0.562. The van der Waals surface area contributed by atoms with Gasteiger partial charge in [-0.2, -0.15) is 0 Å². The lowest BCUT2D eigenvalue weighted by Gasteiger charge is -2.24. The number of nitrogens with one attached hydrogen (secondary N) is 1. The number of anilines is 1. The Morgan fingerprint density at radius 1 is 1.14 bits per heavy atom. The molecule has 152 valence electrons. The van der Waals surface area contributed by atoms with E-state index in [0.717, 1.165) is 10.5 Å². The Morgan fingerprint density at radius 3 is 2.54 bits per heavy atom. The van der Waals surface area contributed by atoms with Crippen LogP contribution >= 0.6 is 11.8 Å². The largest absolute Gasteiger partial charge is 0.491 e. The molecule has 2 aromatic rings. The van der Waals surface area contributed by atoms with Crippen molar-refractivity contribution in [2.75, 3.05) is 31.4 Å². The molecule has 7 heteroatoms. The molecule has 0 unspecified atom stereocenters. The number of carbonyl (C=O) groups is 1. The van der Waals surface area contributed by atoms with Gasteiger partial charge in [-0.05, 0) is 60.6 Å². The van der Waals surface area contributed by atoms with E-state index in [-0.39, 0.29) is 25.7 Å². The summed E-state index contributed by atoms with van der Waals surface area (Å²) in [6, 6.07) is 14.7. The maximum atomic E-state index is 12.5. The molecule has 2 atom stereocenters. The summed E-state index contributed by atoms with van der Waals surface area (Å²) in [7, 11) is 0. The van der Waals surface area contributed by atoms with Crippen LogP contribution in [0, 0.1) is 5.92 Å². The van der Waals surface area contributed by atoms with Gasteiger partial charge in [-0.1, -0.05) is 19.1 Å². The highest BCUT2D eigenvalue weighted by molar-refractivity contribution is 7.98. The van der Waals surface area contributed by atoms with Gasteiger partial charge < -0.3 is 19.7 Å². The first kappa shape index (κ1) is 22.1. The summed E-state index contributed by atoms with van der Waals surface area (Å²) in [5.41, 5.74) is 1.42. The third kappa shape index (κ3) is 6.74. The maximum absolute atomic E-state index is 12.5. The molecule has 2 aromatic carbocycles.